The van der Waals surface area contributed by atoms with Gasteiger partial charge < -0.3 is 21.1 Å². The first-order valence-corrected chi connectivity index (χ1v) is 10.5. The molecule has 0 saturated heterocycles. The molecule has 0 fully saturated rings. The van der Waals surface area contributed by atoms with Gasteiger partial charge in [0.25, 0.3) is 0 Å². The Hall–Kier alpha value is -2.96. The molecule has 0 spiro atoms. The molecule has 5 N–H and O–H groups in total. The molecule has 2 heterocycles. The molecule has 2 aliphatic heterocycles. The second-order valence-electron chi connectivity index (χ2n) is 7.83. The van der Waals surface area contributed by atoms with Gasteiger partial charge in [-0.25, -0.2) is 5.53 Å². The summed E-state index contributed by atoms with van der Waals surface area (Å²) in [6, 6.07) is 14.7. The van der Waals surface area contributed by atoms with E-state index in [-0.39, 0.29) is 12.6 Å². The van der Waals surface area contributed by atoms with Gasteiger partial charge in [0.1, 0.15) is 0 Å². The summed E-state index contributed by atoms with van der Waals surface area (Å²) in [5.41, 5.74) is 16.0. The fourth-order valence-electron chi connectivity index (χ4n) is 4.24. The first-order valence-electron chi connectivity index (χ1n) is 10.5. The number of anilines is 1. The van der Waals surface area contributed by atoms with Crippen LogP contribution in [0.5, 0.6) is 0 Å². The summed E-state index contributed by atoms with van der Waals surface area (Å²) < 4.78 is 0. The van der Waals surface area contributed by atoms with E-state index < -0.39 is 0 Å². The number of rotatable bonds is 5. The van der Waals surface area contributed by atoms with Crippen LogP contribution in [0.1, 0.15) is 48.1 Å². The zero-order chi connectivity index (χ0) is 20.9. The second-order valence-corrected chi connectivity index (χ2v) is 7.83. The molecule has 0 bridgehead atoms. The van der Waals surface area contributed by atoms with Crippen LogP contribution in [0.15, 0.2) is 59.4 Å². The Morgan fingerprint density at radius 1 is 1.23 bits per heavy atom. The molecule has 0 aromatic heterocycles. The highest BCUT2D eigenvalue weighted by molar-refractivity contribution is 5.75. The smallest absolute Gasteiger partial charge is 0.0829 e. The molecule has 30 heavy (non-hydrogen) atoms. The number of nitrogens with zero attached hydrogens (tertiary/aromatic N) is 1. The van der Waals surface area contributed by atoms with Gasteiger partial charge in [-0.05, 0) is 66.8 Å². The fraction of sp³-hybridized carbons (Fsp3) is 0.333. The standard InChI is InChI=1S/C24H29N5O/c1-16(29-25)24-21-6-5-19(18-7-10-26-11-8-18)14-22(21)23(9-12-27-24)28-20-4-2-3-17(13-20)15-30/h2-7,13-14,23,25-28,30H,8-12,15H2,1H3/b24-16-,29-25?. The Labute approximate surface area is 177 Å². The molecule has 1 unspecified atom stereocenters. The van der Waals surface area contributed by atoms with E-state index in [0.717, 1.165) is 55.0 Å². The van der Waals surface area contributed by atoms with Gasteiger partial charge in [-0.3, -0.25) is 0 Å². The molecule has 0 amide bonds. The average Bonchev–Trinajstić information content (AvgIpc) is 2.98. The summed E-state index contributed by atoms with van der Waals surface area (Å²) in [4.78, 5) is 0. The molecule has 0 radical (unpaired) electrons. The van der Waals surface area contributed by atoms with E-state index in [2.05, 4.69) is 45.3 Å². The van der Waals surface area contributed by atoms with E-state index in [9.17, 15) is 5.11 Å². The molecule has 2 aromatic carbocycles. The fourth-order valence-corrected chi connectivity index (χ4v) is 4.24. The minimum Gasteiger partial charge on any atom is -0.392 e. The summed E-state index contributed by atoms with van der Waals surface area (Å²) >= 11 is 0. The summed E-state index contributed by atoms with van der Waals surface area (Å²) in [6.07, 6.45) is 4.20. The van der Waals surface area contributed by atoms with Crippen LogP contribution in [0.25, 0.3) is 11.3 Å². The highest BCUT2D eigenvalue weighted by atomic mass is 16.3. The van der Waals surface area contributed by atoms with Gasteiger partial charge in [-0.1, -0.05) is 30.3 Å². The Bertz CT molecular complexity index is 995. The van der Waals surface area contributed by atoms with Crippen LogP contribution in [-0.2, 0) is 6.61 Å². The molecular formula is C24H29N5O. The minimum absolute atomic E-state index is 0.0295. The Balaban J connectivity index is 1.77. The third kappa shape index (κ3) is 4.30. The number of fused-ring (bicyclic) bond motifs is 1. The molecule has 4 rings (SSSR count). The van der Waals surface area contributed by atoms with Crippen LogP contribution in [-0.4, -0.2) is 24.7 Å². The topological polar surface area (TPSA) is 92.5 Å². The minimum atomic E-state index is 0.0295. The van der Waals surface area contributed by atoms with Crippen molar-refractivity contribution >= 4 is 17.0 Å². The van der Waals surface area contributed by atoms with Crippen molar-refractivity contribution in [3.8, 4) is 0 Å². The van der Waals surface area contributed by atoms with Crippen molar-refractivity contribution in [2.45, 2.75) is 32.4 Å². The Morgan fingerprint density at radius 3 is 2.90 bits per heavy atom. The van der Waals surface area contributed by atoms with Crippen LogP contribution in [0.4, 0.5) is 5.69 Å². The zero-order valence-corrected chi connectivity index (χ0v) is 17.3. The third-order valence-corrected chi connectivity index (χ3v) is 5.85. The van der Waals surface area contributed by atoms with Gasteiger partial charge >= 0.3 is 0 Å². The number of aliphatic hydroxyl groups is 1. The van der Waals surface area contributed by atoms with E-state index in [1.807, 2.05) is 31.2 Å². The largest absolute Gasteiger partial charge is 0.392 e. The number of nitrogens with one attached hydrogen (secondary N) is 4. The van der Waals surface area contributed by atoms with Crippen molar-refractivity contribution in [1.82, 2.24) is 10.6 Å². The van der Waals surface area contributed by atoms with E-state index in [0.29, 0.717) is 5.70 Å². The van der Waals surface area contributed by atoms with Gasteiger partial charge in [-0.15, -0.1) is 0 Å². The van der Waals surface area contributed by atoms with Crippen molar-refractivity contribution < 1.29 is 5.11 Å². The predicted molar refractivity (Wildman–Crippen MR) is 121 cm³/mol. The second kappa shape index (κ2) is 9.24. The number of allylic oxidation sites excluding steroid dienone is 1. The lowest BCUT2D eigenvalue weighted by molar-refractivity contribution is 0.282. The summed E-state index contributed by atoms with van der Waals surface area (Å²) in [7, 11) is 0. The molecule has 156 valence electrons. The molecule has 1 atom stereocenters. The normalized spacial score (nSPS) is 20.3. The number of hydrogen-bond acceptors (Lipinski definition) is 6. The van der Waals surface area contributed by atoms with Crippen LogP contribution in [0, 0.1) is 5.53 Å². The highest BCUT2D eigenvalue weighted by Gasteiger charge is 2.24. The van der Waals surface area contributed by atoms with Crippen LogP contribution in [0.3, 0.4) is 0 Å². The molecule has 6 heteroatoms. The zero-order valence-electron chi connectivity index (χ0n) is 17.3. The van der Waals surface area contributed by atoms with Gasteiger partial charge in [0.15, 0.2) is 0 Å². The third-order valence-electron chi connectivity index (χ3n) is 5.85. The first kappa shape index (κ1) is 20.3. The van der Waals surface area contributed by atoms with Crippen molar-refractivity contribution in [2.75, 3.05) is 25.0 Å². The van der Waals surface area contributed by atoms with Crippen LogP contribution >= 0.6 is 0 Å². The molecule has 0 aliphatic carbocycles. The van der Waals surface area contributed by atoms with E-state index in [4.69, 9.17) is 5.53 Å². The SMILES string of the molecule is C/C(N=N)=C1/NCCC(Nc2cccc(CO)c2)c2cc(C3=CCNCC3)ccc21. The van der Waals surface area contributed by atoms with Crippen molar-refractivity contribution in [1.29, 1.82) is 5.53 Å². The molecule has 2 aromatic rings. The van der Waals surface area contributed by atoms with Crippen LogP contribution in [0.2, 0.25) is 0 Å². The van der Waals surface area contributed by atoms with Gasteiger partial charge in [-0.2, -0.15) is 5.11 Å². The number of benzene rings is 2. The maximum atomic E-state index is 9.49. The van der Waals surface area contributed by atoms with Crippen LogP contribution < -0.4 is 16.0 Å². The lowest BCUT2D eigenvalue weighted by atomic mass is 9.91. The number of hydrogen-bond donors (Lipinski definition) is 5. The Kier molecular flexibility index (Phi) is 6.26. The maximum absolute atomic E-state index is 9.49. The summed E-state index contributed by atoms with van der Waals surface area (Å²) in [5.74, 6) is 0. The lowest BCUT2D eigenvalue weighted by Crippen LogP contribution is -2.20. The highest BCUT2D eigenvalue weighted by Crippen LogP contribution is 2.35. The predicted octanol–water partition coefficient (Wildman–Crippen LogP) is 4.42. The first-order chi connectivity index (χ1) is 14.7. The van der Waals surface area contributed by atoms with Crippen molar-refractivity contribution in [3.05, 3.63) is 76.5 Å². The molecule has 0 saturated carbocycles. The van der Waals surface area contributed by atoms with Crippen molar-refractivity contribution in [2.24, 2.45) is 5.11 Å². The van der Waals surface area contributed by atoms with Gasteiger partial charge in [0.05, 0.1) is 24.0 Å². The van der Waals surface area contributed by atoms with Gasteiger partial charge in [0, 0.05) is 24.3 Å². The molecular weight excluding hydrogens is 374 g/mol. The average molecular weight is 404 g/mol. The van der Waals surface area contributed by atoms with E-state index in [1.165, 1.54) is 16.7 Å². The summed E-state index contributed by atoms with van der Waals surface area (Å²) in [5, 5.41) is 23.7. The molecule has 6 nitrogen and oxygen atoms in total. The van der Waals surface area contributed by atoms with Gasteiger partial charge in [0.2, 0.25) is 0 Å². The monoisotopic (exact) mass is 403 g/mol. The number of aliphatic hydroxyl groups excluding tert-OH is 1. The Morgan fingerprint density at radius 2 is 2.13 bits per heavy atom. The molecule has 2 aliphatic rings. The van der Waals surface area contributed by atoms with E-state index >= 15 is 0 Å². The van der Waals surface area contributed by atoms with Crippen molar-refractivity contribution in [3.63, 3.8) is 0 Å². The lowest BCUT2D eigenvalue weighted by Gasteiger charge is -2.23. The maximum Gasteiger partial charge on any atom is 0.0829 e. The quantitative estimate of drug-likeness (QED) is 0.478. The summed E-state index contributed by atoms with van der Waals surface area (Å²) in [6.45, 7) is 4.60. The van der Waals surface area contributed by atoms with E-state index in [1.54, 1.807) is 0 Å².